The highest BCUT2D eigenvalue weighted by molar-refractivity contribution is 6.00. The second kappa shape index (κ2) is 11.1. The largest absolute Gasteiger partial charge is 0.310 e. The Morgan fingerprint density at radius 3 is 1.67 bits per heavy atom. The monoisotopic (exact) mass is 613 g/mol. The van der Waals surface area contributed by atoms with Gasteiger partial charge in [0.05, 0.1) is 5.69 Å². The summed E-state index contributed by atoms with van der Waals surface area (Å²) in [5.41, 5.74) is 13.6. The number of anilines is 3. The summed E-state index contributed by atoms with van der Waals surface area (Å²) in [5.74, 6) is 0. The lowest BCUT2D eigenvalue weighted by molar-refractivity contribution is 0.661. The van der Waals surface area contributed by atoms with Crippen molar-refractivity contribution in [2.75, 3.05) is 4.90 Å². The van der Waals surface area contributed by atoms with E-state index in [1.54, 1.807) is 0 Å². The van der Waals surface area contributed by atoms with Crippen molar-refractivity contribution in [2.24, 2.45) is 0 Å². The van der Waals surface area contributed by atoms with Gasteiger partial charge in [-0.25, -0.2) is 0 Å². The van der Waals surface area contributed by atoms with Gasteiger partial charge in [0.15, 0.2) is 0 Å². The zero-order valence-electron chi connectivity index (χ0n) is 27.2. The third kappa shape index (κ3) is 4.62. The van der Waals surface area contributed by atoms with Crippen LogP contribution >= 0.6 is 0 Å². The highest BCUT2D eigenvalue weighted by Crippen LogP contribution is 2.55. The molecule has 228 valence electrons. The molecule has 8 aromatic carbocycles. The summed E-state index contributed by atoms with van der Waals surface area (Å²) >= 11 is 0. The molecular formula is C47H35N. The molecule has 48 heavy (non-hydrogen) atoms. The Morgan fingerprint density at radius 1 is 0.375 bits per heavy atom. The molecule has 0 atom stereocenters. The van der Waals surface area contributed by atoms with Gasteiger partial charge in [-0.1, -0.05) is 141 Å². The predicted molar refractivity (Wildman–Crippen MR) is 205 cm³/mol. The predicted octanol–water partition coefficient (Wildman–Crippen LogP) is 13.1. The molecular weight excluding hydrogens is 579 g/mol. The van der Waals surface area contributed by atoms with E-state index in [0.717, 1.165) is 11.4 Å². The van der Waals surface area contributed by atoms with Gasteiger partial charge in [-0.05, 0) is 109 Å². The van der Waals surface area contributed by atoms with Gasteiger partial charge < -0.3 is 4.90 Å². The molecule has 0 saturated carbocycles. The summed E-state index contributed by atoms with van der Waals surface area (Å²) < 4.78 is 0. The van der Waals surface area contributed by atoms with Gasteiger partial charge in [0.25, 0.3) is 0 Å². The SMILES string of the molecule is CC1(C)c2cc3ccccc3cc2-c2c(N(c3ccc(-c4cccc(-c5ccccc5)c4)cc3)c3ccc4ccccc4c3)cccc21. The Bertz CT molecular complexity index is 2470. The van der Waals surface area contributed by atoms with E-state index < -0.39 is 0 Å². The van der Waals surface area contributed by atoms with Crippen LogP contribution in [0.2, 0.25) is 0 Å². The standard InChI is InChI=1S/C47H35N/c1-47(2)43-20-11-21-45(46(43)42-30-38-16-8-9-17-39(38)31-44(42)47)48(41-27-24-33-14-6-7-15-37(33)29-41)40-25-22-34(23-26-40)36-19-10-18-35(28-36)32-12-4-3-5-13-32/h3-31H,1-2H3. The molecule has 9 rings (SSSR count). The lowest BCUT2D eigenvalue weighted by Crippen LogP contribution is -2.16. The molecule has 1 aliphatic rings. The molecule has 8 aromatic rings. The average molecular weight is 614 g/mol. The van der Waals surface area contributed by atoms with Crippen LogP contribution in [-0.4, -0.2) is 0 Å². The first-order chi connectivity index (χ1) is 23.5. The maximum Gasteiger partial charge on any atom is 0.0543 e. The molecule has 0 amide bonds. The Balaban J connectivity index is 1.22. The molecule has 0 N–H and O–H groups in total. The summed E-state index contributed by atoms with van der Waals surface area (Å²) in [7, 11) is 0. The normalized spacial score (nSPS) is 13.0. The van der Waals surface area contributed by atoms with Crippen molar-refractivity contribution < 1.29 is 0 Å². The average Bonchev–Trinajstić information content (AvgIpc) is 3.37. The van der Waals surface area contributed by atoms with Crippen LogP contribution in [0.25, 0.3) is 54.9 Å². The van der Waals surface area contributed by atoms with Crippen molar-refractivity contribution in [3.8, 4) is 33.4 Å². The maximum atomic E-state index is 2.45. The van der Waals surface area contributed by atoms with E-state index in [1.165, 1.54) is 71.7 Å². The van der Waals surface area contributed by atoms with E-state index in [4.69, 9.17) is 0 Å². The minimum Gasteiger partial charge on any atom is -0.310 e. The molecule has 1 nitrogen and oxygen atoms in total. The van der Waals surface area contributed by atoms with Crippen molar-refractivity contribution in [2.45, 2.75) is 19.3 Å². The Labute approximate surface area is 282 Å². The Hall–Kier alpha value is -5.92. The molecule has 0 bridgehead atoms. The third-order valence-electron chi connectivity index (χ3n) is 10.2. The fraction of sp³-hybridized carbons (Fsp3) is 0.0638. The molecule has 0 heterocycles. The number of benzene rings is 8. The van der Waals surface area contributed by atoms with E-state index >= 15 is 0 Å². The van der Waals surface area contributed by atoms with Crippen LogP contribution in [0.1, 0.15) is 25.0 Å². The van der Waals surface area contributed by atoms with Gasteiger partial charge in [-0.3, -0.25) is 0 Å². The van der Waals surface area contributed by atoms with Crippen LogP contribution in [0.5, 0.6) is 0 Å². The number of hydrogen-bond acceptors (Lipinski definition) is 1. The van der Waals surface area contributed by atoms with Crippen LogP contribution in [-0.2, 0) is 5.41 Å². The van der Waals surface area contributed by atoms with E-state index in [9.17, 15) is 0 Å². The lowest BCUT2D eigenvalue weighted by atomic mass is 9.82. The number of rotatable bonds is 5. The van der Waals surface area contributed by atoms with E-state index in [1.807, 2.05) is 0 Å². The van der Waals surface area contributed by atoms with E-state index in [2.05, 4.69) is 195 Å². The van der Waals surface area contributed by atoms with Gasteiger partial charge in [0.1, 0.15) is 0 Å². The van der Waals surface area contributed by atoms with Crippen molar-refractivity contribution in [3.05, 3.63) is 187 Å². The van der Waals surface area contributed by atoms with Crippen molar-refractivity contribution >= 4 is 38.6 Å². The van der Waals surface area contributed by atoms with Crippen LogP contribution in [0.4, 0.5) is 17.1 Å². The summed E-state index contributed by atoms with van der Waals surface area (Å²) in [6.07, 6.45) is 0. The maximum absolute atomic E-state index is 2.45. The first kappa shape index (κ1) is 28.3. The summed E-state index contributed by atoms with van der Waals surface area (Å²) in [4.78, 5) is 2.45. The van der Waals surface area contributed by atoms with E-state index in [0.29, 0.717) is 0 Å². The van der Waals surface area contributed by atoms with Crippen LogP contribution < -0.4 is 4.90 Å². The van der Waals surface area contributed by atoms with Gasteiger partial charge >= 0.3 is 0 Å². The van der Waals surface area contributed by atoms with Gasteiger partial charge in [0.2, 0.25) is 0 Å². The molecule has 0 unspecified atom stereocenters. The molecule has 0 aliphatic heterocycles. The highest BCUT2D eigenvalue weighted by atomic mass is 15.1. The first-order valence-electron chi connectivity index (χ1n) is 16.8. The minimum atomic E-state index is -0.118. The van der Waals surface area contributed by atoms with Gasteiger partial charge in [0, 0.05) is 22.4 Å². The fourth-order valence-corrected chi connectivity index (χ4v) is 7.69. The minimum absolute atomic E-state index is 0.118. The molecule has 0 fully saturated rings. The number of fused-ring (bicyclic) bond motifs is 5. The van der Waals surface area contributed by atoms with Crippen LogP contribution in [0, 0.1) is 0 Å². The second-order valence-electron chi connectivity index (χ2n) is 13.4. The van der Waals surface area contributed by atoms with Gasteiger partial charge in [-0.2, -0.15) is 0 Å². The smallest absolute Gasteiger partial charge is 0.0543 e. The fourth-order valence-electron chi connectivity index (χ4n) is 7.69. The van der Waals surface area contributed by atoms with E-state index in [-0.39, 0.29) is 5.41 Å². The summed E-state index contributed by atoms with van der Waals surface area (Å²) in [6, 6.07) is 64.4. The quantitative estimate of drug-likeness (QED) is 0.187. The lowest BCUT2D eigenvalue weighted by Gasteiger charge is -2.29. The zero-order chi connectivity index (χ0) is 32.2. The topological polar surface area (TPSA) is 3.24 Å². The molecule has 1 heteroatoms. The highest BCUT2D eigenvalue weighted by Gasteiger charge is 2.38. The number of hydrogen-bond donors (Lipinski definition) is 0. The van der Waals surface area contributed by atoms with Crippen molar-refractivity contribution in [3.63, 3.8) is 0 Å². The summed E-state index contributed by atoms with van der Waals surface area (Å²) in [5, 5.41) is 5.03. The Kier molecular flexibility index (Phi) is 6.55. The van der Waals surface area contributed by atoms with Crippen molar-refractivity contribution in [1.82, 2.24) is 0 Å². The third-order valence-corrected chi connectivity index (χ3v) is 10.2. The molecule has 1 aliphatic carbocycles. The van der Waals surface area contributed by atoms with Crippen molar-refractivity contribution in [1.29, 1.82) is 0 Å². The molecule has 0 spiro atoms. The summed E-state index contributed by atoms with van der Waals surface area (Å²) in [6.45, 7) is 4.74. The zero-order valence-corrected chi connectivity index (χ0v) is 27.2. The number of nitrogens with zero attached hydrogens (tertiary/aromatic N) is 1. The molecule has 0 saturated heterocycles. The first-order valence-corrected chi connectivity index (χ1v) is 16.8. The van der Waals surface area contributed by atoms with Crippen LogP contribution in [0.15, 0.2) is 176 Å². The van der Waals surface area contributed by atoms with Gasteiger partial charge in [-0.15, -0.1) is 0 Å². The molecule has 0 radical (unpaired) electrons. The molecule has 0 aromatic heterocycles. The van der Waals surface area contributed by atoms with Crippen LogP contribution in [0.3, 0.4) is 0 Å². The Morgan fingerprint density at radius 2 is 0.938 bits per heavy atom. The second-order valence-corrected chi connectivity index (χ2v) is 13.4.